The number of rotatable bonds is 5. The fourth-order valence-corrected chi connectivity index (χ4v) is 2.39. The van der Waals surface area contributed by atoms with Crippen molar-refractivity contribution in [1.29, 1.82) is 0 Å². The van der Waals surface area contributed by atoms with Crippen LogP contribution in [0.4, 0.5) is 4.79 Å². The first-order chi connectivity index (χ1) is 9.43. The van der Waals surface area contributed by atoms with E-state index in [1.165, 1.54) is 7.05 Å². The van der Waals surface area contributed by atoms with Gasteiger partial charge in [0.05, 0.1) is 6.04 Å². The highest BCUT2D eigenvalue weighted by Crippen LogP contribution is 2.18. The summed E-state index contributed by atoms with van der Waals surface area (Å²) in [4.78, 5) is 25.2. The van der Waals surface area contributed by atoms with Crippen LogP contribution in [0.15, 0.2) is 0 Å². The van der Waals surface area contributed by atoms with Gasteiger partial charge in [0.1, 0.15) is 0 Å². The number of hydrogen-bond donors (Lipinski definition) is 3. The van der Waals surface area contributed by atoms with Crippen molar-refractivity contribution in [1.82, 2.24) is 20.9 Å². The zero-order chi connectivity index (χ0) is 15.1. The molecule has 116 valence electrons. The largest absolute Gasteiger partial charge is 0.341 e. The van der Waals surface area contributed by atoms with E-state index < -0.39 is 6.03 Å². The number of nitrogens with zero attached hydrogens (tertiary/aromatic N) is 1. The van der Waals surface area contributed by atoms with Crippen molar-refractivity contribution in [3.05, 3.63) is 0 Å². The van der Waals surface area contributed by atoms with Crippen LogP contribution in [0.25, 0.3) is 0 Å². The number of urea groups is 1. The van der Waals surface area contributed by atoms with Crippen LogP contribution < -0.4 is 16.0 Å². The highest BCUT2D eigenvalue weighted by Gasteiger charge is 2.27. The third kappa shape index (κ3) is 5.46. The zero-order valence-electron chi connectivity index (χ0n) is 13.0. The summed E-state index contributed by atoms with van der Waals surface area (Å²) in [7, 11) is 1.50. The molecule has 20 heavy (non-hydrogen) atoms. The van der Waals surface area contributed by atoms with Crippen molar-refractivity contribution in [2.45, 2.75) is 45.7 Å². The Hall–Kier alpha value is -1.14. The SMILES string of the molecule is CNC(=O)NC(=O)C(C)N1CCC(CNC(C)C)CC1. The predicted molar refractivity (Wildman–Crippen MR) is 79.5 cm³/mol. The lowest BCUT2D eigenvalue weighted by atomic mass is 9.95. The van der Waals surface area contributed by atoms with E-state index in [0.717, 1.165) is 32.5 Å². The molecule has 1 aliphatic heterocycles. The summed E-state index contributed by atoms with van der Waals surface area (Å²) < 4.78 is 0. The van der Waals surface area contributed by atoms with E-state index in [0.29, 0.717) is 12.0 Å². The lowest BCUT2D eigenvalue weighted by Gasteiger charge is -2.35. The number of imide groups is 1. The molecule has 0 bridgehead atoms. The molecule has 0 aromatic carbocycles. The lowest BCUT2D eigenvalue weighted by Crippen LogP contribution is -2.51. The van der Waals surface area contributed by atoms with Gasteiger partial charge in [0.15, 0.2) is 0 Å². The Bertz CT molecular complexity index is 325. The van der Waals surface area contributed by atoms with Gasteiger partial charge in [-0.15, -0.1) is 0 Å². The van der Waals surface area contributed by atoms with Crippen molar-refractivity contribution >= 4 is 11.9 Å². The Morgan fingerprint density at radius 2 is 1.80 bits per heavy atom. The molecular formula is C14H28N4O2. The molecule has 0 radical (unpaired) electrons. The number of piperidine rings is 1. The quantitative estimate of drug-likeness (QED) is 0.689. The maximum Gasteiger partial charge on any atom is 0.321 e. The minimum absolute atomic E-state index is 0.233. The van der Waals surface area contributed by atoms with Gasteiger partial charge in [0, 0.05) is 13.1 Å². The van der Waals surface area contributed by atoms with Gasteiger partial charge >= 0.3 is 6.03 Å². The molecule has 1 atom stereocenters. The Morgan fingerprint density at radius 1 is 1.20 bits per heavy atom. The van der Waals surface area contributed by atoms with Gasteiger partial charge in [-0.2, -0.15) is 0 Å². The van der Waals surface area contributed by atoms with Crippen LogP contribution in [0.1, 0.15) is 33.6 Å². The number of nitrogens with one attached hydrogen (secondary N) is 3. The van der Waals surface area contributed by atoms with E-state index >= 15 is 0 Å². The van der Waals surface area contributed by atoms with Crippen LogP contribution in [-0.4, -0.2) is 55.6 Å². The van der Waals surface area contributed by atoms with Gasteiger partial charge < -0.3 is 10.6 Å². The van der Waals surface area contributed by atoms with Crippen molar-refractivity contribution in [3.63, 3.8) is 0 Å². The van der Waals surface area contributed by atoms with Gasteiger partial charge in [-0.05, 0) is 45.3 Å². The summed E-state index contributed by atoms with van der Waals surface area (Å²) in [5.74, 6) is 0.450. The van der Waals surface area contributed by atoms with Crippen molar-refractivity contribution in [3.8, 4) is 0 Å². The first-order valence-corrected chi connectivity index (χ1v) is 7.44. The maximum absolute atomic E-state index is 11.9. The minimum atomic E-state index is -0.446. The molecule has 0 saturated carbocycles. The lowest BCUT2D eigenvalue weighted by molar-refractivity contribution is -0.125. The molecule has 1 heterocycles. The highest BCUT2D eigenvalue weighted by molar-refractivity contribution is 5.96. The van der Waals surface area contributed by atoms with Crippen molar-refractivity contribution in [2.24, 2.45) is 5.92 Å². The van der Waals surface area contributed by atoms with E-state index in [-0.39, 0.29) is 11.9 Å². The third-order valence-electron chi connectivity index (χ3n) is 3.85. The monoisotopic (exact) mass is 284 g/mol. The molecule has 1 unspecified atom stereocenters. The van der Waals surface area contributed by atoms with Crippen LogP contribution >= 0.6 is 0 Å². The second-order valence-corrected chi connectivity index (χ2v) is 5.79. The number of hydrogen-bond acceptors (Lipinski definition) is 4. The highest BCUT2D eigenvalue weighted by atomic mass is 16.2. The normalized spacial score (nSPS) is 18.9. The van der Waals surface area contributed by atoms with E-state index in [2.05, 4.69) is 34.7 Å². The molecule has 3 N–H and O–H groups in total. The fraction of sp³-hybridized carbons (Fsp3) is 0.857. The number of likely N-dealkylation sites (tertiary alicyclic amines) is 1. The molecule has 1 aliphatic rings. The van der Waals surface area contributed by atoms with Crippen LogP contribution in [0, 0.1) is 5.92 Å². The topological polar surface area (TPSA) is 73.5 Å². The van der Waals surface area contributed by atoms with Gasteiger partial charge in [-0.3, -0.25) is 15.0 Å². The summed E-state index contributed by atoms with van der Waals surface area (Å²) in [6.45, 7) is 9.02. The van der Waals surface area contributed by atoms with Crippen LogP contribution in [-0.2, 0) is 4.79 Å². The predicted octanol–water partition coefficient (Wildman–Crippen LogP) is 0.541. The Balaban J connectivity index is 2.33. The van der Waals surface area contributed by atoms with E-state index in [4.69, 9.17) is 0 Å². The van der Waals surface area contributed by atoms with E-state index in [1.807, 2.05) is 6.92 Å². The molecule has 3 amide bonds. The summed E-state index contributed by atoms with van der Waals surface area (Å²) >= 11 is 0. The van der Waals surface area contributed by atoms with Gasteiger partial charge in [-0.1, -0.05) is 13.8 Å². The molecule has 0 spiro atoms. The van der Waals surface area contributed by atoms with E-state index in [1.54, 1.807) is 0 Å². The molecule has 1 rings (SSSR count). The summed E-state index contributed by atoms with van der Waals surface area (Å²) in [5, 5.41) is 8.19. The summed E-state index contributed by atoms with van der Waals surface area (Å²) in [5.41, 5.74) is 0. The van der Waals surface area contributed by atoms with Gasteiger partial charge in [0.25, 0.3) is 0 Å². The molecular weight excluding hydrogens is 256 g/mol. The summed E-state index contributed by atoms with van der Waals surface area (Å²) in [6.07, 6.45) is 2.19. The Morgan fingerprint density at radius 3 is 2.30 bits per heavy atom. The van der Waals surface area contributed by atoms with E-state index in [9.17, 15) is 9.59 Å². The number of carbonyl (C=O) groups is 2. The van der Waals surface area contributed by atoms with Gasteiger partial charge in [0.2, 0.25) is 5.91 Å². The minimum Gasteiger partial charge on any atom is -0.341 e. The smallest absolute Gasteiger partial charge is 0.321 e. The molecule has 0 aromatic heterocycles. The standard InChI is InChI=1S/C14H28N4O2/c1-10(2)16-9-12-5-7-18(8-6-12)11(3)13(19)17-14(20)15-4/h10-12,16H,5-9H2,1-4H3,(H2,15,17,19,20). The fourth-order valence-electron chi connectivity index (χ4n) is 2.39. The van der Waals surface area contributed by atoms with Crippen molar-refractivity contribution < 1.29 is 9.59 Å². The Labute approximate surface area is 121 Å². The van der Waals surface area contributed by atoms with Gasteiger partial charge in [-0.25, -0.2) is 4.79 Å². The maximum atomic E-state index is 11.9. The second-order valence-electron chi connectivity index (χ2n) is 5.79. The Kier molecular flexibility index (Phi) is 6.95. The molecule has 6 nitrogen and oxygen atoms in total. The molecule has 1 saturated heterocycles. The van der Waals surface area contributed by atoms with Crippen LogP contribution in [0.3, 0.4) is 0 Å². The molecule has 1 fully saturated rings. The zero-order valence-corrected chi connectivity index (χ0v) is 13.0. The summed E-state index contributed by atoms with van der Waals surface area (Å²) in [6, 6.07) is -0.186. The van der Waals surface area contributed by atoms with Crippen LogP contribution in [0.5, 0.6) is 0 Å². The second kappa shape index (κ2) is 8.21. The molecule has 6 heteroatoms. The average Bonchev–Trinajstić information content (AvgIpc) is 2.44. The van der Waals surface area contributed by atoms with Crippen molar-refractivity contribution in [2.75, 3.05) is 26.7 Å². The molecule has 0 aromatic rings. The molecule has 0 aliphatic carbocycles. The number of carbonyl (C=O) groups excluding carboxylic acids is 2. The number of amides is 3. The average molecular weight is 284 g/mol. The first kappa shape index (κ1) is 16.9. The third-order valence-corrected chi connectivity index (χ3v) is 3.85. The van der Waals surface area contributed by atoms with Crippen LogP contribution in [0.2, 0.25) is 0 Å². The first-order valence-electron chi connectivity index (χ1n) is 7.44.